The van der Waals surface area contributed by atoms with Crippen LogP contribution in [-0.2, 0) is 11.8 Å². The number of carbonyl (C=O) groups is 3. The van der Waals surface area contributed by atoms with E-state index in [1.54, 1.807) is 11.9 Å². The first-order valence-electron chi connectivity index (χ1n) is 12.9. The average Bonchev–Trinajstić information content (AvgIpc) is 3.53. The Balaban J connectivity index is 1.53. The highest BCUT2D eigenvalue weighted by molar-refractivity contribution is 6.07. The normalized spacial score (nSPS) is 14.5. The maximum Gasteiger partial charge on any atom is 0.416 e. The second-order valence-electron chi connectivity index (χ2n) is 10.7. The van der Waals surface area contributed by atoms with Crippen LogP contribution in [0.25, 0.3) is 11.5 Å². The molecule has 0 radical (unpaired) electrons. The molecule has 1 aliphatic heterocycles. The van der Waals surface area contributed by atoms with E-state index in [1.807, 2.05) is 7.05 Å². The fourth-order valence-electron chi connectivity index (χ4n) is 4.03. The summed E-state index contributed by atoms with van der Waals surface area (Å²) in [7, 11) is 3.58. The molecule has 0 atom stereocenters. The van der Waals surface area contributed by atoms with Gasteiger partial charge >= 0.3 is 12.3 Å². The van der Waals surface area contributed by atoms with Crippen LogP contribution >= 0.6 is 0 Å². The molecular formula is C26H31F3N8O5. The Bertz CT molecular complexity index is 1450. The van der Waals surface area contributed by atoms with Gasteiger partial charge in [-0.2, -0.15) is 18.3 Å². The van der Waals surface area contributed by atoms with E-state index >= 15 is 0 Å². The number of piperazine rings is 1. The van der Waals surface area contributed by atoms with E-state index in [2.05, 4.69) is 25.3 Å². The van der Waals surface area contributed by atoms with Crippen LogP contribution in [0.4, 0.5) is 29.5 Å². The molecule has 1 fully saturated rings. The van der Waals surface area contributed by atoms with E-state index in [1.165, 1.54) is 43.9 Å². The van der Waals surface area contributed by atoms with E-state index in [4.69, 9.17) is 9.15 Å². The molecule has 4 heterocycles. The molecule has 0 spiro atoms. The zero-order valence-corrected chi connectivity index (χ0v) is 23.7. The van der Waals surface area contributed by atoms with Crippen LogP contribution in [-0.4, -0.2) is 99.0 Å². The molecule has 42 heavy (non-hydrogen) atoms. The van der Waals surface area contributed by atoms with Gasteiger partial charge in [0.2, 0.25) is 5.89 Å². The van der Waals surface area contributed by atoms with Crippen molar-refractivity contribution >= 4 is 29.4 Å². The summed E-state index contributed by atoms with van der Waals surface area (Å²) in [5, 5.41) is 6.84. The number of alkyl halides is 3. The van der Waals surface area contributed by atoms with Crippen molar-refractivity contribution in [2.75, 3.05) is 50.0 Å². The molecule has 4 rings (SSSR count). The minimum atomic E-state index is -4.74. The van der Waals surface area contributed by atoms with Crippen LogP contribution in [0.1, 0.15) is 41.7 Å². The highest BCUT2D eigenvalue weighted by atomic mass is 19.4. The third kappa shape index (κ3) is 7.63. The van der Waals surface area contributed by atoms with Crippen molar-refractivity contribution in [3.05, 3.63) is 42.2 Å². The van der Waals surface area contributed by atoms with E-state index in [9.17, 15) is 27.6 Å². The molecule has 0 bridgehead atoms. The van der Waals surface area contributed by atoms with Gasteiger partial charge in [0.25, 0.3) is 11.8 Å². The number of rotatable bonds is 6. The summed E-state index contributed by atoms with van der Waals surface area (Å²) in [5.41, 5.74) is -0.800. The Labute approximate surface area is 239 Å². The maximum atomic E-state index is 13.3. The molecule has 226 valence electrons. The van der Waals surface area contributed by atoms with Gasteiger partial charge < -0.3 is 24.3 Å². The van der Waals surface area contributed by atoms with E-state index < -0.39 is 30.3 Å². The van der Waals surface area contributed by atoms with Gasteiger partial charge in [0.15, 0.2) is 11.4 Å². The Morgan fingerprint density at radius 2 is 1.81 bits per heavy atom. The van der Waals surface area contributed by atoms with Gasteiger partial charge in [0.1, 0.15) is 24.2 Å². The molecule has 0 aromatic carbocycles. The number of aryl methyl sites for hydroxylation is 1. The first kappa shape index (κ1) is 30.5. The van der Waals surface area contributed by atoms with Crippen molar-refractivity contribution in [1.82, 2.24) is 29.5 Å². The van der Waals surface area contributed by atoms with Crippen LogP contribution in [0, 0.1) is 0 Å². The van der Waals surface area contributed by atoms with Gasteiger partial charge in [0, 0.05) is 51.2 Å². The fraction of sp³-hybridized carbons (Fsp3) is 0.462. The summed E-state index contributed by atoms with van der Waals surface area (Å²) in [6.45, 7) is 5.40. The molecule has 1 saturated heterocycles. The average molecular weight is 593 g/mol. The van der Waals surface area contributed by atoms with Crippen LogP contribution < -0.4 is 10.2 Å². The quantitative estimate of drug-likeness (QED) is 0.456. The van der Waals surface area contributed by atoms with E-state index in [-0.39, 0.29) is 40.3 Å². The van der Waals surface area contributed by atoms with Crippen molar-refractivity contribution in [3.8, 4) is 11.5 Å². The molecule has 0 aliphatic carbocycles. The number of carbonyl (C=O) groups excluding carboxylic acids is 3. The minimum Gasteiger partial charge on any atom is -0.444 e. The summed E-state index contributed by atoms with van der Waals surface area (Å²) in [6, 6.07) is 2.56. The highest BCUT2D eigenvalue weighted by Gasteiger charge is 2.37. The molecule has 3 aromatic rings. The minimum absolute atomic E-state index is 0.0739. The standard InChI is InChI=1S/C26H31F3N8O5/c1-25(2,3)42-24(40)37(15-26(27,28)29)19-12-16(6-7-30-19)22-32-18(14-41-22)21(38)31-17-13-35(5)33-20(17)23(39)36-10-8-34(4)9-11-36/h6-7,12-14H,8-11,15H2,1-5H3,(H,31,38). The number of likely N-dealkylation sites (N-methyl/N-ethyl adjacent to an activating group) is 1. The van der Waals surface area contributed by atoms with Crippen molar-refractivity contribution in [2.24, 2.45) is 7.05 Å². The van der Waals surface area contributed by atoms with Gasteiger partial charge in [-0.25, -0.2) is 14.8 Å². The Morgan fingerprint density at radius 3 is 2.45 bits per heavy atom. The summed E-state index contributed by atoms with van der Waals surface area (Å²) in [4.78, 5) is 50.8. The predicted molar refractivity (Wildman–Crippen MR) is 144 cm³/mol. The lowest BCUT2D eigenvalue weighted by Crippen LogP contribution is -2.47. The number of nitrogens with zero attached hydrogens (tertiary/aromatic N) is 7. The smallest absolute Gasteiger partial charge is 0.416 e. The number of anilines is 2. The lowest BCUT2D eigenvalue weighted by atomic mass is 10.2. The van der Waals surface area contributed by atoms with Crippen LogP contribution in [0.5, 0.6) is 0 Å². The first-order chi connectivity index (χ1) is 19.6. The van der Waals surface area contributed by atoms with Crippen LogP contribution in [0.2, 0.25) is 0 Å². The third-order valence-electron chi connectivity index (χ3n) is 6.03. The Morgan fingerprint density at radius 1 is 1.12 bits per heavy atom. The second kappa shape index (κ2) is 11.8. The van der Waals surface area contributed by atoms with E-state index in [0.29, 0.717) is 31.1 Å². The zero-order chi connectivity index (χ0) is 30.8. The van der Waals surface area contributed by atoms with Crippen molar-refractivity contribution in [1.29, 1.82) is 0 Å². The summed E-state index contributed by atoms with van der Waals surface area (Å²) in [5.74, 6) is -1.49. The third-order valence-corrected chi connectivity index (χ3v) is 6.03. The van der Waals surface area contributed by atoms with Crippen molar-refractivity contribution < 1.29 is 36.7 Å². The summed E-state index contributed by atoms with van der Waals surface area (Å²) in [6.07, 6.45) is -2.25. The van der Waals surface area contributed by atoms with Crippen molar-refractivity contribution in [2.45, 2.75) is 32.5 Å². The highest BCUT2D eigenvalue weighted by Crippen LogP contribution is 2.27. The SMILES string of the molecule is CN1CCN(C(=O)c2nn(C)cc2NC(=O)c2coc(-c3ccnc(N(CC(F)(F)F)C(=O)OC(C)(C)C)c3)n2)CC1. The summed E-state index contributed by atoms with van der Waals surface area (Å²) < 4.78 is 51.8. The van der Waals surface area contributed by atoms with Gasteiger partial charge in [0.05, 0.1) is 5.69 Å². The number of ether oxygens (including phenoxy) is 1. The van der Waals surface area contributed by atoms with Gasteiger partial charge in [-0.05, 0) is 40.0 Å². The predicted octanol–water partition coefficient (Wildman–Crippen LogP) is 3.41. The number of aromatic nitrogens is 4. The van der Waals surface area contributed by atoms with Gasteiger partial charge in [-0.1, -0.05) is 0 Å². The largest absolute Gasteiger partial charge is 0.444 e. The van der Waals surface area contributed by atoms with Crippen molar-refractivity contribution in [3.63, 3.8) is 0 Å². The molecule has 0 saturated carbocycles. The number of oxazole rings is 1. The van der Waals surface area contributed by atoms with Gasteiger partial charge in [-0.3, -0.25) is 19.2 Å². The summed E-state index contributed by atoms with van der Waals surface area (Å²) >= 11 is 0. The number of hydrogen-bond acceptors (Lipinski definition) is 9. The molecule has 3 amide bonds. The monoisotopic (exact) mass is 592 g/mol. The second-order valence-corrected chi connectivity index (χ2v) is 10.7. The first-order valence-corrected chi connectivity index (χ1v) is 12.9. The van der Waals surface area contributed by atoms with Crippen LogP contribution in [0.15, 0.2) is 35.2 Å². The number of amides is 3. The number of halogens is 3. The number of hydrogen-bond donors (Lipinski definition) is 1. The van der Waals surface area contributed by atoms with Gasteiger partial charge in [-0.15, -0.1) is 0 Å². The van der Waals surface area contributed by atoms with E-state index in [0.717, 1.165) is 12.3 Å². The van der Waals surface area contributed by atoms with Crippen LogP contribution in [0.3, 0.4) is 0 Å². The Kier molecular flexibility index (Phi) is 8.56. The topological polar surface area (TPSA) is 139 Å². The number of pyridine rings is 1. The lowest BCUT2D eigenvalue weighted by molar-refractivity contribution is -0.119. The fourth-order valence-corrected chi connectivity index (χ4v) is 4.03. The zero-order valence-electron chi connectivity index (χ0n) is 23.7. The molecule has 13 nitrogen and oxygen atoms in total. The lowest BCUT2D eigenvalue weighted by Gasteiger charge is -2.32. The maximum absolute atomic E-state index is 13.3. The molecule has 0 unspecified atom stereocenters. The molecular weight excluding hydrogens is 561 g/mol. The molecule has 3 aromatic heterocycles. The number of nitrogens with one attached hydrogen (secondary N) is 1. The molecule has 1 aliphatic rings. The Hall–Kier alpha value is -4.47. The molecule has 1 N–H and O–H groups in total. The molecule has 16 heteroatoms.